The first-order valence-corrected chi connectivity index (χ1v) is 22.1. The van der Waals surface area contributed by atoms with Crippen LogP contribution in [0.25, 0.3) is 0 Å². The summed E-state index contributed by atoms with van der Waals surface area (Å²) in [5, 5.41) is 43.4. The molecule has 67 heavy (non-hydrogen) atoms. The van der Waals surface area contributed by atoms with Gasteiger partial charge in [-0.3, -0.25) is 49.7 Å². The fourth-order valence-corrected chi connectivity index (χ4v) is 10.4. The third-order valence-electron chi connectivity index (χ3n) is 12.3. The van der Waals surface area contributed by atoms with Crippen molar-refractivity contribution < 1.29 is 58.1 Å². The lowest BCUT2D eigenvalue weighted by atomic mass is 9.79. The zero-order valence-electron chi connectivity index (χ0n) is 36.8. The van der Waals surface area contributed by atoms with Crippen molar-refractivity contribution in [3.63, 3.8) is 0 Å². The summed E-state index contributed by atoms with van der Waals surface area (Å²) < 4.78 is 16.9. The molecule has 0 bridgehead atoms. The van der Waals surface area contributed by atoms with Crippen LogP contribution in [0.2, 0.25) is 0 Å². The molecule has 354 valence electrons. The van der Waals surface area contributed by atoms with Gasteiger partial charge in [-0.25, -0.2) is 14.4 Å². The zero-order valence-corrected chi connectivity index (χ0v) is 37.6. The number of rotatable bonds is 14. The van der Waals surface area contributed by atoms with Crippen LogP contribution in [0, 0.1) is 42.2 Å². The molecule has 0 aliphatic carbocycles. The number of β-lactam (4-membered cyclic amide) rings is 1. The summed E-state index contributed by atoms with van der Waals surface area (Å²) in [6, 6.07) is 14.7. The first-order valence-electron chi connectivity index (χ1n) is 21.2. The molecule has 0 spiro atoms. The highest BCUT2D eigenvalue weighted by molar-refractivity contribution is 8.03. The molecule has 4 aliphatic rings. The van der Waals surface area contributed by atoms with E-state index in [4.69, 9.17) is 14.2 Å². The van der Waals surface area contributed by atoms with E-state index in [1.165, 1.54) is 106 Å². The predicted molar refractivity (Wildman–Crippen MR) is 235 cm³/mol. The number of aliphatic hydroxyl groups is 1. The lowest BCUT2D eigenvalue weighted by molar-refractivity contribution is -0.385. The van der Waals surface area contributed by atoms with Gasteiger partial charge in [-0.05, 0) is 80.3 Å². The topological polar surface area (TPSA) is 276 Å². The Morgan fingerprint density at radius 1 is 0.776 bits per heavy atom. The molecule has 3 fully saturated rings. The minimum atomic E-state index is -1.09. The molecule has 0 unspecified atom stereocenters. The van der Waals surface area contributed by atoms with E-state index in [2.05, 4.69) is 0 Å². The average Bonchev–Trinajstić information content (AvgIpc) is 3.82. The van der Waals surface area contributed by atoms with Crippen molar-refractivity contribution in [1.82, 2.24) is 19.6 Å². The number of nitro groups is 3. The second-order valence-corrected chi connectivity index (χ2v) is 18.6. The molecule has 0 aromatic heterocycles. The molecule has 7 rings (SSSR count). The number of nitrogens with zero attached hydrogens (tertiary/aromatic N) is 7. The van der Waals surface area contributed by atoms with Crippen LogP contribution in [0.3, 0.4) is 0 Å². The van der Waals surface area contributed by atoms with Crippen LogP contribution in [0.4, 0.5) is 26.7 Å². The minimum absolute atomic E-state index is 0.0354. The van der Waals surface area contributed by atoms with Crippen molar-refractivity contribution in [2.75, 3.05) is 26.2 Å². The van der Waals surface area contributed by atoms with E-state index in [0.717, 1.165) is 0 Å². The lowest BCUT2D eigenvalue weighted by Crippen LogP contribution is -2.64. The van der Waals surface area contributed by atoms with Crippen LogP contribution in [0.1, 0.15) is 50.8 Å². The summed E-state index contributed by atoms with van der Waals surface area (Å²) in [5.41, 5.74) is 0.0350. The number of aliphatic hydroxyl groups excluding tert-OH is 1. The number of hydrogen-bond acceptors (Lipinski definition) is 16. The number of ether oxygens (including phenoxy) is 3. The van der Waals surface area contributed by atoms with Gasteiger partial charge in [0.2, 0.25) is 11.8 Å². The Morgan fingerprint density at radius 2 is 1.25 bits per heavy atom. The SMILES string of the molecule is C[C@@H](O)[C@H]1C(=O)N2C(C(=O)OCc3ccc([N+](=O)[O-])cc3)=C(S[C@H]3C[C@@H](C(=O)N4CCN(C(=O)OCc5ccc([N+](=O)[O-])cc5)C(C)(C)C4)N(C(=O)OCc4ccc([N+](=O)[O-])cc4)C3)[C@H](C)[C@H]12. The van der Waals surface area contributed by atoms with Gasteiger partial charge in [0.05, 0.1) is 38.4 Å². The number of carbonyl (C=O) groups excluding carboxylic acids is 5. The Bertz CT molecular complexity index is 2500. The zero-order chi connectivity index (χ0) is 48.5. The Labute approximate surface area is 386 Å². The first kappa shape index (κ1) is 47.8. The van der Waals surface area contributed by atoms with Gasteiger partial charge in [-0.2, -0.15) is 0 Å². The van der Waals surface area contributed by atoms with E-state index in [1.54, 1.807) is 18.7 Å². The van der Waals surface area contributed by atoms with Gasteiger partial charge >= 0.3 is 18.2 Å². The molecule has 22 nitrogen and oxygen atoms in total. The van der Waals surface area contributed by atoms with Gasteiger partial charge in [0, 0.05) is 78.7 Å². The maximum Gasteiger partial charge on any atom is 0.410 e. The molecule has 6 atom stereocenters. The fourth-order valence-electron chi connectivity index (χ4n) is 8.87. The van der Waals surface area contributed by atoms with Crippen molar-refractivity contribution in [3.8, 4) is 0 Å². The number of piperazine rings is 1. The summed E-state index contributed by atoms with van der Waals surface area (Å²) in [6.07, 6.45) is -2.47. The van der Waals surface area contributed by atoms with Crippen molar-refractivity contribution in [3.05, 3.63) is 130 Å². The maximum absolute atomic E-state index is 14.6. The van der Waals surface area contributed by atoms with Crippen LogP contribution in [-0.4, -0.2) is 125 Å². The second kappa shape index (κ2) is 19.4. The van der Waals surface area contributed by atoms with Gasteiger partial charge in [-0.15, -0.1) is 11.8 Å². The van der Waals surface area contributed by atoms with Gasteiger partial charge in [0.25, 0.3) is 17.1 Å². The molecular weight excluding hydrogens is 899 g/mol. The third-order valence-corrected chi connectivity index (χ3v) is 13.8. The van der Waals surface area contributed by atoms with Crippen molar-refractivity contribution in [2.24, 2.45) is 11.8 Å². The van der Waals surface area contributed by atoms with Crippen molar-refractivity contribution in [2.45, 2.75) is 82.9 Å². The third kappa shape index (κ3) is 10.0. The maximum atomic E-state index is 14.6. The van der Waals surface area contributed by atoms with Gasteiger partial charge in [0.1, 0.15) is 31.6 Å². The first-order chi connectivity index (χ1) is 31.7. The number of nitro benzene ring substituents is 3. The number of esters is 1. The number of likely N-dealkylation sites (tertiary alicyclic amines) is 1. The van der Waals surface area contributed by atoms with Crippen molar-refractivity contribution in [1.29, 1.82) is 0 Å². The number of amides is 4. The van der Waals surface area contributed by atoms with Gasteiger partial charge < -0.3 is 29.1 Å². The highest BCUT2D eigenvalue weighted by atomic mass is 32.2. The van der Waals surface area contributed by atoms with E-state index in [0.29, 0.717) is 21.6 Å². The summed E-state index contributed by atoms with van der Waals surface area (Å²) in [7, 11) is 0. The number of thioether (sulfide) groups is 1. The summed E-state index contributed by atoms with van der Waals surface area (Å²) in [5.74, 6) is -3.04. The average molecular weight is 946 g/mol. The number of carbonyl (C=O) groups is 5. The molecule has 0 saturated carbocycles. The van der Waals surface area contributed by atoms with E-state index >= 15 is 0 Å². The number of non-ortho nitro benzene ring substituents is 3. The Balaban J connectivity index is 1.10. The van der Waals surface area contributed by atoms with Crippen LogP contribution in [0.5, 0.6) is 0 Å². The Morgan fingerprint density at radius 3 is 1.72 bits per heavy atom. The highest BCUT2D eigenvalue weighted by Gasteiger charge is 2.61. The number of fused-ring (bicyclic) bond motifs is 1. The normalized spacial score (nSPS) is 22.4. The molecule has 3 aromatic carbocycles. The molecule has 4 aliphatic heterocycles. The van der Waals surface area contributed by atoms with E-state index in [9.17, 15) is 59.4 Å². The molecule has 4 amide bonds. The molecule has 0 radical (unpaired) electrons. The largest absolute Gasteiger partial charge is 0.456 e. The molecule has 3 aromatic rings. The number of benzene rings is 3. The monoisotopic (exact) mass is 945 g/mol. The second-order valence-electron chi connectivity index (χ2n) is 17.3. The smallest absolute Gasteiger partial charge is 0.410 e. The van der Waals surface area contributed by atoms with Crippen LogP contribution >= 0.6 is 11.8 Å². The molecule has 4 heterocycles. The molecule has 3 saturated heterocycles. The van der Waals surface area contributed by atoms with E-state index in [1.807, 2.05) is 6.92 Å². The summed E-state index contributed by atoms with van der Waals surface area (Å²) >= 11 is 1.21. The lowest BCUT2D eigenvalue weighted by Gasteiger charge is -2.47. The minimum Gasteiger partial charge on any atom is -0.456 e. The Hall–Kier alpha value is -7.14. The van der Waals surface area contributed by atoms with Gasteiger partial charge in [0.15, 0.2) is 0 Å². The predicted octanol–water partition coefficient (Wildman–Crippen LogP) is 5.30. The quantitative estimate of drug-likeness (QED) is 0.0706. The standard InChI is InChI=1S/C44H47N7O15S/c1-25-36-35(26(2)52)40(54)48(36)37(41(55)64-21-27-5-11-30(12-6-27)49(58)59)38(25)67-33-19-34(46(20-33)42(56)65-22-28-7-13-31(14-8-28)50(60)61)39(53)45-17-18-47(44(3,4)24-45)43(57)66-23-29-9-15-32(16-10-29)51(62)63/h5-16,25-26,33-36,52H,17-24H2,1-4H3/t25-,26-,33+,34+,35-,36-/m1/s1. The van der Waals surface area contributed by atoms with E-state index < -0.39 is 85.6 Å². The summed E-state index contributed by atoms with van der Waals surface area (Å²) in [6.45, 7) is 6.26. The highest BCUT2D eigenvalue weighted by Crippen LogP contribution is 2.52. The van der Waals surface area contributed by atoms with E-state index in [-0.39, 0.29) is 75.2 Å². The Kier molecular flexibility index (Phi) is 13.8. The molecule has 1 N–H and O–H groups in total. The summed E-state index contributed by atoms with van der Waals surface area (Å²) in [4.78, 5) is 107. The van der Waals surface area contributed by atoms with Crippen molar-refractivity contribution >= 4 is 58.8 Å². The van der Waals surface area contributed by atoms with Gasteiger partial charge in [-0.1, -0.05) is 6.92 Å². The van der Waals surface area contributed by atoms with Crippen LogP contribution < -0.4 is 0 Å². The fraction of sp³-hybridized carbons (Fsp3) is 0.432. The molecule has 23 heteroatoms. The van der Waals surface area contributed by atoms with Crippen LogP contribution in [0.15, 0.2) is 83.4 Å². The van der Waals surface area contributed by atoms with Crippen LogP contribution in [-0.2, 0) is 48.4 Å². The number of hydrogen-bond donors (Lipinski definition) is 1. The molecular formula is C44H47N7O15S.